The number of rotatable bonds is 7. The molecule has 0 aliphatic rings. The second-order valence-electron chi connectivity index (χ2n) is 4.52. The molecule has 0 radical (unpaired) electrons. The fraction of sp³-hybridized carbons (Fsp3) is 0.833. The molecule has 0 aromatic heterocycles. The molecule has 3 N–H and O–H groups in total. The Balaban J connectivity index is 4.07. The smallest absolute Gasteiger partial charge is 0.357 e. The molecule has 0 spiro atoms. The van der Waals surface area contributed by atoms with Gasteiger partial charge in [0.25, 0.3) is 0 Å². The summed E-state index contributed by atoms with van der Waals surface area (Å²) in [6.07, 6.45) is -4.93. The Kier molecular flexibility index (Phi) is 8.74. The lowest BCUT2D eigenvalue weighted by atomic mass is 10.3. The molecule has 0 fully saturated rings. The van der Waals surface area contributed by atoms with Gasteiger partial charge >= 0.3 is 6.18 Å². The van der Waals surface area contributed by atoms with E-state index in [0.717, 1.165) is 0 Å². The van der Waals surface area contributed by atoms with Gasteiger partial charge in [0, 0.05) is 25.6 Å². The number of aliphatic imine (C=N–C) groups is 1. The van der Waals surface area contributed by atoms with Gasteiger partial charge in [0.2, 0.25) is 5.91 Å². The highest BCUT2D eigenvalue weighted by molar-refractivity contribution is 5.81. The van der Waals surface area contributed by atoms with Gasteiger partial charge in [0.15, 0.2) is 5.96 Å². The van der Waals surface area contributed by atoms with Crippen molar-refractivity contribution in [2.24, 2.45) is 4.99 Å². The summed E-state index contributed by atoms with van der Waals surface area (Å²) in [4.78, 5) is 15.2. The molecule has 0 aromatic carbocycles. The van der Waals surface area contributed by atoms with E-state index in [0.29, 0.717) is 13.1 Å². The molecule has 20 heavy (non-hydrogen) atoms. The summed E-state index contributed by atoms with van der Waals surface area (Å²) in [5.41, 5.74) is 0. The molecule has 0 aromatic rings. The largest absolute Gasteiger partial charge is 0.390 e. The first kappa shape index (κ1) is 18.5. The van der Waals surface area contributed by atoms with E-state index in [1.54, 1.807) is 0 Å². The first-order valence-electron chi connectivity index (χ1n) is 6.63. The number of amides is 1. The van der Waals surface area contributed by atoms with Crippen molar-refractivity contribution < 1.29 is 18.0 Å². The summed E-state index contributed by atoms with van der Waals surface area (Å²) in [5.74, 6) is 0.174. The minimum absolute atomic E-state index is 0.0659. The average Bonchev–Trinajstić information content (AvgIpc) is 2.26. The summed E-state index contributed by atoms with van der Waals surface area (Å²) >= 11 is 0. The van der Waals surface area contributed by atoms with Crippen LogP contribution in [-0.2, 0) is 4.79 Å². The molecule has 0 rings (SSSR count). The summed E-state index contributed by atoms with van der Waals surface area (Å²) in [6, 6.07) is 0.0659. The van der Waals surface area contributed by atoms with Crippen molar-refractivity contribution in [2.75, 3.05) is 19.6 Å². The van der Waals surface area contributed by atoms with Crippen LogP contribution >= 0.6 is 0 Å². The van der Waals surface area contributed by atoms with Crippen molar-refractivity contribution in [3.8, 4) is 0 Å². The summed E-state index contributed by atoms with van der Waals surface area (Å²) in [7, 11) is 0. The van der Waals surface area contributed by atoms with E-state index in [4.69, 9.17) is 0 Å². The third-order valence-corrected chi connectivity index (χ3v) is 2.10. The number of carbonyl (C=O) groups excluding carboxylic acids is 1. The maximum absolute atomic E-state index is 12.0. The van der Waals surface area contributed by atoms with E-state index in [-0.39, 0.29) is 30.9 Å². The first-order valence-corrected chi connectivity index (χ1v) is 6.63. The van der Waals surface area contributed by atoms with Gasteiger partial charge < -0.3 is 16.0 Å². The van der Waals surface area contributed by atoms with Crippen LogP contribution in [0.4, 0.5) is 13.2 Å². The molecule has 1 amide bonds. The molecule has 0 aliphatic carbocycles. The van der Waals surface area contributed by atoms with Crippen LogP contribution in [-0.4, -0.2) is 43.7 Å². The van der Waals surface area contributed by atoms with Crippen molar-refractivity contribution in [1.82, 2.24) is 16.0 Å². The van der Waals surface area contributed by atoms with Crippen LogP contribution in [0.25, 0.3) is 0 Å². The maximum atomic E-state index is 12.0. The van der Waals surface area contributed by atoms with Gasteiger partial charge in [0.05, 0.1) is 13.0 Å². The maximum Gasteiger partial charge on any atom is 0.390 e. The SMILES string of the molecule is CCNC(=NCCC(F)(F)F)NCCC(=O)NC(C)C. The summed E-state index contributed by atoms with van der Waals surface area (Å²) in [6.45, 7) is 6.04. The van der Waals surface area contributed by atoms with E-state index in [1.165, 1.54) is 0 Å². The van der Waals surface area contributed by atoms with Gasteiger partial charge in [-0.15, -0.1) is 0 Å². The predicted octanol–water partition coefficient (Wildman–Crippen LogP) is 1.41. The van der Waals surface area contributed by atoms with Crippen molar-refractivity contribution in [3.05, 3.63) is 0 Å². The van der Waals surface area contributed by atoms with E-state index in [2.05, 4.69) is 20.9 Å². The highest BCUT2D eigenvalue weighted by atomic mass is 19.4. The molecule has 0 saturated carbocycles. The van der Waals surface area contributed by atoms with Gasteiger partial charge in [-0.25, -0.2) is 0 Å². The Morgan fingerprint density at radius 3 is 2.40 bits per heavy atom. The molecule has 118 valence electrons. The Morgan fingerprint density at radius 2 is 1.90 bits per heavy atom. The van der Waals surface area contributed by atoms with Gasteiger partial charge in [-0.2, -0.15) is 13.2 Å². The Labute approximate surface area is 117 Å². The number of hydrogen-bond acceptors (Lipinski definition) is 2. The zero-order valence-electron chi connectivity index (χ0n) is 12.1. The first-order chi connectivity index (χ1) is 9.24. The van der Waals surface area contributed by atoms with Gasteiger partial charge in [0.1, 0.15) is 0 Å². The number of guanidine groups is 1. The molecular weight excluding hydrogens is 273 g/mol. The standard InChI is InChI=1S/C12H23F3N4O/c1-4-16-11(18-8-6-12(13,14)15)17-7-5-10(20)19-9(2)3/h9H,4-8H2,1-3H3,(H,19,20)(H2,16,17,18). The van der Waals surface area contributed by atoms with E-state index < -0.39 is 12.6 Å². The lowest BCUT2D eigenvalue weighted by molar-refractivity contribution is -0.132. The summed E-state index contributed by atoms with van der Waals surface area (Å²) in [5, 5.41) is 8.37. The Bertz CT molecular complexity index is 316. The number of nitrogens with one attached hydrogen (secondary N) is 3. The number of carbonyl (C=O) groups is 1. The molecule has 5 nitrogen and oxygen atoms in total. The molecule has 0 heterocycles. The molecule has 8 heteroatoms. The van der Waals surface area contributed by atoms with Crippen LogP contribution in [0.1, 0.15) is 33.6 Å². The van der Waals surface area contributed by atoms with Crippen LogP contribution < -0.4 is 16.0 Å². The lowest BCUT2D eigenvalue weighted by Gasteiger charge is -2.12. The van der Waals surface area contributed by atoms with Crippen LogP contribution in [0.15, 0.2) is 4.99 Å². The molecular formula is C12H23F3N4O. The number of nitrogens with zero attached hydrogens (tertiary/aromatic N) is 1. The van der Waals surface area contributed by atoms with Crippen molar-refractivity contribution in [2.45, 2.75) is 45.8 Å². The molecule has 0 bridgehead atoms. The zero-order chi connectivity index (χ0) is 15.6. The quantitative estimate of drug-likeness (QED) is 0.491. The second kappa shape index (κ2) is 9.44. The third kappa shape index (κ3) is 11.6. The number of alkyl halides is 3. The van der Waals surface area contributed by atoms with Gasteiger partial charge in [-0.05, 0) is 20.8 Å². The Morgan fingerprint density at radius 1 is 1.25 bits per heavy atom. The number of halogens is 3. The molecule has 0 unspecified atom stereocenters. The topological polar surface area (TPSA) is 65.5 Å². The Hall–Kier alpha value is -1.47. The third-order valence-electron chi connectivity index (χ3n) is 2.10. The second-order valence-corrected chi connectivity index (χ2v) is 4.52. The normalized spacial score (nSPS) is 12.4. The predicted molar refractivity (Wildman–Crippen MR) is 72.5 cm³/mol. The van der Waals surface area contributed by atoms with E-state index >= 15 is 0 Å². The van der Waals surface area contributed by atoms with Crippen LogP contribution in [0.2, 0.25) is 0 Å². The molecule has 0 saturated heterocycles. The molecule has 0 aliphatic heterocycles. The van der Waals surface area contributed by atoms with Crippen molar-refractivity contribution in [3.63, 3.8) is 0 Å². The van der Waals surface area contributed by atoms with E-state index in [1.807, 2.05) is 20.8 Å². The average molecular weight is 296 g/mol. The minimum atomic E-state index is -4.21. The van der Waals surface area contributed by atoms with Gasteiger partial charge in [-0.3, -0.25) is 9.79 Å². The fourth-order valence-corrected chi connectivity index (χ4v) is 1.32. The highest BCUT2D eigenvalue weighted by Crippen LogP contribution is 2.18. The van der Waals surface area contributed by atoms with Crippen LogP contribution in [0.5, 0.6) is 0 Å². The number of hydrogen-bond donors (Lipinski definition) is 3. The highest BCUT2D eigenvalue weighted by Gasteiger charge is 2.26. The summed E-state index contributed by atoms with van der Waals surface area (Å²) < 4.78 is 36.0. The van der Waals surface area contributed by atoms with Crippen molar-refractivity contribution >= 4 is 11.9 Å². The zero-order valence-corrected chi connectivity index (χ0v) is 12.1. The van der Waals surface area contributed by atoms with Crippen LogP contribution in [0, 0.1) is 0 Å². The fourth-order valence-electron chi connectivity index (χ4n) is 1.32. The van der Waals surface area contributed by atoms with Gasteiger partial charge in [-0.1, -0.05) is 0 Å². The van der Waals surface area contributed by atoms with Crippen LogP contribution in [0.3, 0.4) is 0 Å². The molecule has 0 atom stereocenters. The minimum Gasteiger partial charge on any atom is -0.357 e. The van der Waals surface area contributed by atoms with Crippen molar-refractivity contribution in [1.29, 1.82) is 0 Å². The van der Waals surface area contributed by atoms with E-state index in [9.17, 15) is 18.0 Å². The lowest BCUT2D eigenvalue weighted by Crippen LogP contribution is -2.40. The monoisotopic (exact) mass is 296 g/mol.